The second-order valence-electron chi connectivity index (χ2n) is 15.9. The van der Waals surface area contributed by atoms with E-state index in [1.54, 1.807) is 24.7 Å². The number of benzene rings is 4. The molecule has 8 rings (SSSR count). The summed E-state index contributed by atoms with van der Waals surface area (Å²) in [5.41, 5.74) is 8.65. The summed E-state index contributed by atoms with van der Waals surface area (Å²) in [7, 11) is 3.45. The minimum absolute atomic E-state index is 0. The summed E-state index contributed by atoms with van der Waals surface area (Å²) in [5, 5.41) is 5.33. The molecule has 4 heterocycles. The fourth-order valence-corrected chi connectivity index (χ4v) is 8.36. The second kappa shape index (κ2) is 23.2. The Bertz CT molecular complexity index is 2490. The summed E-state index contributed by atoms with van der Waals surface area (Å²) in [6.07, 6.45) is 0.384. The molecule has 5 N–H and O–H groups in total. The first-order chi connectivity index (χ1) is 29.3. The highest BCUT2D eigenvalue weighted by atomic mass is 35.5. The topological polar surface area (TPSA) is 108 Å². The molecular weight excluding hydrogens is 855 g/mol. The van der Waals surface area contributed by atoms with Crippen LogP contribution in [0.1, 0.15) is 64.8 Å². The Hall–Kier alpha value is -4.89. The first-order valence-electron chi connectivity index (χ1n) is 20.9. The van der Waals surface area contributed by atoms with E-state index in [2.05, 4.69) is 28.1 Å². The van der Waals surface area contributed by atoms with Crippen LogP contribution < -0.4 is 51.9 Å². The molecule has 63 heavy (non-hydrogen) atoms. The average molecular weight is 912 g/mol. The molecule has 6 aromatic rings. The van der Waals surface area contributed by atoms with Gasteiger partial charge in [-0.1, -0.05) is 97.1 Å². The van der Waals surface area contributed by atoms with E-state index in [9.17, 15) is 31.9 Å². The van der Waals surface area contributed by atoms with Gasteiger partial charge in [-0.05, 0) is 40.6 Å². The van der Waals surface area contributed by atoms with Gasteiger partial charge in [-0.2, -0.15) is 0 Å². The lowest BCUT2D eigenvalue weighted by Crippen LogP contribution is -3.15. The molecule has 0 bridgehead atoms. The number of fused-ring (bicyclic) bond motifs is 2. The van der Waals surface area contributed by atoms with Crippen LogP contribution in [0.5, 0.6) is 0 Å². The molecule has 2 fully saturated rings. The summed E-state index contributed by atoms with van der Waals surface area (Å²) in [6, 6.07) is 39.2. The van der Waals surface area contributed by atoms with Crippen molar-refractivity contribution in [3.05, 3.63) is 164 Å². The van der Waals surface area contributed by atoms with E-state index < -0.39 is 11.8 Å². The van der Waals surface area contributed by atoms with E-state index >= 15 is 0 Å². The number of quaternary nitrogens is 2. The third-order valence-electron chi connectivity index (χ3n) is 11.9. The van der Waals surface area contributed by atoms with Crippen molar-refractivity contribution in [2.45, 2.75) is 56.2 Å². The molecule has 15 heteroatoms. The first-order valence-corrected chi connectivity index (χ1v) is 20.9. The van der Waals surface area contributed by atoms with Crippen molar-refractivity contribution in [1.29, 1.82) is 0 Å². The van der Waals surface area contributed by atoms with Gasteiger partial charge in [0.2, 0.25) is 0 Å². The molecule has 338 valence electrons. The van der Waals surface area contributed by atoms with Crippen molar-refractivity contribution in [3.8, 4) is 0 Å². The van der Waals surface area contributed by atoms with Crippen molar-refractivity contribution in [2.24, 2.45) is 14.1 Å². The molecule has 0 radical (unpaired) electrons. The number of carbonyl (C=O) groups is 1. The monoisotopic (exact) mass is 910 g/mol. The SMILES string of the molecule is Cn1c(=O)c(C=O)cc2ccccc21.Cn1c(=O)c(CNCC(c2ccccc2)N2CCC(F)(F)CC2)cc2ccccc21.[Cl-].[Cl-].[NH3+]CC(c1ccccc1)[NH+]1CCC(F)(F)CC1. The van der Waals surface area contributed by atoms with Crippen LogP contribution in [0, 0.1) is 0 Å². The van der Waals surface area contributed by atoms with Gasteiger partial charge in [-0.15, -0.1) is 0 Å². The number of aryl methyl sites for hydroxylation is 2. The highest BCUT2D eigenvalue weighted by Crippen LogP contribution is 2.32. The first kappa shape index (κ1) is 50.8. The summed E-state index contributed by atoms with van der Waals surface area (Å²) < 4.78 is 56.7. The van der Waals surface area contributed by atoms with E-state index in [-0.39, 0.29) is 79.3 Å². The van der Waals surface area contributed by atoms with Crippen LogP contribution in [-0.4, -0.2) is 71.4 Å². The van der Waals surface area contributed by atoms with Crippen LogP contribution in [-0.2, 0) is 20.6 Å². The molecule has 2 unspecified atom stereocenters. The predicted molar refractivity (Wildman–Crippen MR) is 232 cm³/mol. The molecule has 2 aliphatic heterocycles. The van der Waals surface area contributed by atoms with Crippen molar-refractivity contribution >= 4 is 28.1 Å². The molecule has 2 saturated heterocycles. The van der Waals surface area contributed by atoms with Gasteiger partial charge < -0.3 is 49.9 Å². The van der Waals surface area contributed by atoms with Crippen molar-refractivity contribution in [3.63, 3.8) is 0 Å². The predicted octanol–water partition coefficient (Wildman–Crippen LogP) is -0.257. The van der Waals surface area contributed by atoms with Crippen LogP contribution in [0.25, 0.3) is 21.8 Å². The van der Waals surface area contributed by atoms with E-state index in [1.165, 1.54) is 15.0 Å². The number of piperidine rings is 2. The maximum absolute atomic E-state index is 13.6. The fraction of sp³-hybridized carbons (Fsp3) is 0.354. The van der Waals surface area contributed by atoms with Crippen LogP contribution >= 0.6 is 0 Å². The number of carbonyl (C=O) groups excluding carboxylic acids is 1. The number of pyridine rings is 2. The Morgan fingerprint density at radius 1 is 0.683 bits per heavy atom. The molecule has 0 amide bonds. The summed E-state index contributed by atoms with van der Waals surface area (Å²) in [4.78, 5) is 38.3. The molecule has 0 saturated carbocycles. The van der Waals surface area contributed by atoms with Crippen molar-refractivity contribution in [1.82, 2.24) is 19.4 Å². The average Bonchev–Trinajstić information content (AvgIpc) is 3.27. The lowest BCUT2D eigenvalue weighted by atomic mass is 10.00. The standard InChI is InChI=1S/C24H27F2N3O.C13H18F2N2.C11H9NO2.2ClH/c1-28-21-10-6-5-9-19(21)15-20(23(28)30)16-27-17-22(18-7-3-2-4-8-18)29-13-11-24(25,26)12-14-29;14-13(15)6-8-17(9-7-13)12(10-16)11-4-2-1-3-5-11;1-12-10-5-3-2-4-8(10)6-9(7-13)11(12)14;;/h2-10,15,22,27H,11-14,16-17H2,1H3;1-5,12H,6-10,16H2;2-7H,1H3;2*1H. The Kier molecular flexibility index (Phi) is 18.7. The fourth-order valence-electron chi connectivity index (χ4n) is 8.36. The number of aromatic nitrogens is 2. The van der Waals surface area contributed by atoms with Crippen molar-refractivity contribution in [2.75, 3.05) is 39.3 Å². The van der Waals surface area contributed by atoms with Gasteiger partial charge >= 0.3 is 0 Å². The highest BCUT2D eigenvalue weighted by molar-refractivity contribution is 5.86. The third-order valence-corrected chi connectivity index (χ3v) is 11.9. The molecule has 2 atom stereocenters. The Balaban J connectivity index is 0.000000224. The van der Waals surface area contributed by atoms with Crippen molar-refractivity contribution < 1.29 is 57.8 Å². The third kappa shape index (κ3) is 13.1. The van der Waals surface area contributed by atoms with Crippen LogP contribution in [0.15, 0.2) is 131 Å². The van der Waals surface area contributed by atoms with Gasteiger partial charge in [0.1, 0.15) is 6.54 Å². The number of nitrogens with one attached hydrogen (secondary N) is 2. The van der Waals surface area contributed by atoms with Gasteiger partial charge in [0.05, 0.1) is 42.5 Å². The molecule has 4 aromatic carbocycles. The zero-order valence-corrected chi connectivity index (χ0v) is 37.1. The van der Waals surface area contributed by atoms with Gasteiger partial charge in [0.15, 0.2) is 12.3 Å². The summed E-state index contributed by atoms with van der Waals surface area (Å²) in [5.74, 6) is -5.02. The quantitative estimate of drug-likeness (QED) is 0.130. The lowest BCUT2D eigenvalue weighted by Gasteiger charge is -2.38. The van der Waals surface area contributed by atoms with Crippen LogP contribution in [0.4, 0.5) is 17.6 Å². The number of para-hydroxylation sites is 2. The molecule has 2 aliphatic rings. The normalized spacial score (nSPS) is 16.8. The van der Waals surface area contributed by atoms with Gasteiger partial charge in [0, 0.05) is 70.3 Å². The number of alkyl halides is 4. The largest absolute Gasteiger partial charge is 1.00 e. The number of nitrogens with zero attached hydrogens (tertiary/aromatic N) is 3. The molecule has 2 aromatic heterocycles. The minimum atomic E-state index is -2.57. The Labute approximate surface area is 377 Å². The number of hydrogen-bond acceptors (Lipinski definition) is 5. The smallest absolute Gasteiger partial charge is 0.261 e. The highest BCUT2D eigenvalue weighted by Gasteiger charge is 2.40. The summed E-state index contributed by atoms with van der Waals surface area (Å²) in [6.45, 7) is 3.60. The number of halogens is 6. The number of hydrogen-bond donors (Lipinski definition) is 3. The zero-order valence-electron chi connectivity index (χ0n) is 35.6. The maximum Gasteiger partial charge on any atom is 0.261 e. The Morgan fingerprint density at radius 2 is 1.16 bits per heavy atom. The van der Waals surface area contributed by atoms with Gasteiger partial charge in [-0.25, -0.2) is 17.6 Å². The summed E-state index contributed by atoms with van der Waals surface area (Å²) >= 11 is 0. The van der Waals surface area contributed by atoms with Gasteiger partial charge in [0.25, 0.3) is 23.0 Å². The lowest BCUT2D eigenvalue weighted by molar-refractivity contribution is -0.944. The van der Waals surface area contributed by atoms with Gasteiger partial charge in [-0.3, -0.25) is 19.3 Å². The van der Waals surface area contributed by atoms with E-state index in [0.29, 0.717) is 51.1 Å². The maximum atomic E-state index is 13.6. The number of rotatable bonds is 10. The van der Waals surface area contributed by atoms with E-state index in [4.69, 9.17) is 0 Å². The molecular formula is C48H56Cl2F4N6O3. The molecule has 0 spiro atoms. The number of likely N-dealkylation sites (tertiary alicyclic amines) is 2. The van der Waals surface area contributed by atoms with Crippen LogP contribution in [0.2, 0.25) is 0 Å². The van der Waals surface area contributed by atoms with E-state index in [0.717, 1.165) is 33.9 Å². The second-order valence-corrected chi connectivity index (χ2v) is 15.9. The molecule has 0 aliphatic carbocycles. The molecule has 9 nitrogen and oxygen atoms in total. The van der Waals surface area contributed by atoms with E-state index in [1.807, 2.05) is 103 Å². The van der Waals surface area contributed by atoms with Crippen LogP contribution in [0.3, 0.4) is 0 Å². The number of aldehydes is 1. The Morgan fingerprint density at radius 3 is 1.70 bits per heavy atom. The minimum Gasteiger partial charge on any atom is -1.00 e. The zero-order chi connectivity index (χ0) is 43.6.